The lowest BCUT2D eigenvalue weighted by Gasteiger charge is -2.17. The Kier molecular flexibility index (Phi) is 5.33. The van der Waals surface area contributed by atoms with Gasteiger partial charge in [-0.05, 0) is 24.6 Å². The second kappa shape index (κ2) is 7.41. The van der Waals surface area contributed by atoms with Crippen LogP contribution in [0.4, 0.5) is 24.5 Å². The zero-order valence-electron chi connectivity index (χ0n) is 14.3. The highest BCUT2D eigenvalue weighted by atomic mass is 32.2. The van der Waals surface area contributed by atoms with Crippen molar-refractivity contribution < 1.29 is 31.5 Å². The number of hydrogen-bond acceptors (Lipinski definition) is 5. The van der Waals surface area contributed by atoms with E-state index in [0.29, 0.717) is 12.1 Å². The highest BCUT2D eigenvalue weighted by molar-refractivity contribution is 7.89. The van der Waals surface area contributed by atoms with E-state index in [1.807, 2.05) is 0 Å². The lowest BCUT2D eigenvalue weighted by molar-refractivity contribution is 0.102. The molecule has 1 saturated heterocycles. The third kappa shape index (κ3) is 3.81. The molecule has 1 fully saturated rings. The summed E-state index contributed by atoms with van der Waals surface area (Å²) < 4.78 is 66.1. The zero-order chi connectivity index (χ0) is 20.6. The van der Waals surface area contributed by atoms with E-state index in [9.17, 15) is 31.5 Å². The first kappa shape index (κ1) is 20.1. The van der Waals surface area contributed by atoms with Crippen molar-refractivity contribution in [1.29, 1.82) is 0 Å². The second-order valence-corrected chi connectivity index (χ2v) is 8.17. The average molecular weight is 415 g/mol. The molecule has 0 radical (unpaired) electrons. The maximum Gasteiger partial charge on any atom is 0.255 e. The molecule has 4 N–H and O–H groups in total. The fourth-order valence-electron chi connectivity index (χ4n) is 2.80. The van der Waals surface area contributed by atoms with Crippen LogP contribution in [-0.4, -0.2) is 42.9 Å². The summed E-state index contributed by atoms with van der Waals surface area (Å²) in [4.78, 5) is 12.0. The lowest BCUT2D eigenvalue weighted by atomic mass is 10.2. The van der Waals surface area contributed by atoms with Gasteiger partial charge in [0.1, 0.15) is 4.90 Å². The Morgan fingerprint density at radius 1 is 1.18 bits per heavy atom. The van der Waals surface area contributed by atoms with E-state index in [1.54, 1.807) is 0 Å². The number of nitrogen functional groups attached to an aromatic ring is 1. The van der Waals surface area contributed by atoms with E-state index < -0.39 is 39.5 Å². The number of nitrogens with two attached hydrogens (primary N) is 1. The van der Waals surface area contributed by atoms with Gasteiger partial charge in [0, 0.05) is 36.5 Å². The van der Waals surface area contributed by atoms with Crippen LogP contribution in [0.15, 0.2) is 35.2 Å². The summed E-state index contributed by atoms with van der Waals surface area (Å²) in [6.07, 6.45) is -0.508. The van der Waals surface area contributed by atoms with Crippen LogP contribution in [0.3, 0.4) is 0 Å². The van der Waals surface area contributed by atoms with Crippen molar-refractivity contribution in [2.24, 2.45) is 0 Å². The number of rotatable bonds is 4. The molecule has 1 aliphatic rings. The van der Waals surface area contributed by atoms with Gasteiger partial charge in [-0.1, -0.05) is 0 Å². The number of anilines is 2. The van der Waals surface area contributed by atoms with E-state index in [0.717, 1.165) is 10.4 Å². The van der Waals surface area contributed by atoms with Gasteiger partial charge in [-0.3, -0.25) is 4.79 Å². The Bertz CT molecular complexity index is 1020. The molecule has 1 amide bonds. The zero-order valence-corrected chi connectivity index (χ0v) is 15.1. The number of nitrogens with zero attached hydrogens (tertiary/aromatic N) is 1. The molecule has 1 atom stereocenters. The summed E-state index contributed by atoms with van der Waals surface area (Å²) in [5.41, 5.74) is 5.16. The van der Waals surface area contributed by atoms with Crippen LogP contribution in [0, 0.1) is 17.5 Å². The van der Waals surface area contributed by atoms with Gasteiger partial charge in [0.2, 0.25) is 10.0 Å². The monoisotopic (exact) mass is 415 g/mol. The van der Waals surface area contributed by atoms with E-state index >= 15 is 0 Å². The number of carbonyl (C=O) groups excluding carboxylic acids is 1. The number of sulfonamides is 1. The standard InChI is InChI=1S/C17H16F3N3O4S/c18-12-6-10(7-13(19)16(12)20)22-17(25)9-1-2-14(21)15(5-9)28(26,27)23-4-3-11(24)8-23/h1-2,5-7,11,24H,3-4,8,21H2,(H,22,25)/t11-/m0/s1. The topological polar surface area (TPSA) is 113 Å². The number of β-amino-alcohol motifs (C(OH)–C–C–N with tert-alkyl or cyclic N) is 1. The molecule has 1 heterocycles. The number of benzene rings is 2. The van der Waals surface area contributed by atoms with Crippen LogP contribution in [0.1, 0.15) is 16.8 Å². The minimum Gasteiger partial charge on any atom is -0.398 e. The molecular weight excluding hydrogens is 399 g/mol. The van der Waals surface area contributed by atoms with E-state index in [2.05, 4.69) is 5.32 Å². The molecule has 1 aliphatic heterocycles. The Morgan fingerprint density at radius 3 is 2.39 bits per heavy atom. The summed E-state index contributed by atoms with van der Waals surface area (Å²) in [6.45, 7) is 0.0137. The summed E-state index contributed by atoms with van der Waals surface area (Å²) in [5.74, 6) is -5.51. The van der Waals surface area contributed by atoms with Gasteiger partial charge in [0.05, 0.1) is 11.8 Å². The fourth-order valence-corrected chi connectivity index (χ4v) is 4.43. The number of aliphatic hydroxyl groups is 1. The predicted octanol–water partition coefficient (Wildman–Crippen LogP) is 1.69. The summed E-state index contributed by atoms with van der Waals surface area (Å²) in [7, 11) is -4.05. The third-order valence-electron chi connectivity index (χ3n) is 4.26. The first-order valence-corrected chi connectivity index (χ1v) is 9.57. The average Bonchev–Trinajstić information content (AvgIpc) is 3.07. The molecule has 0 unspecified atom stereocenters. The highest BCUT2D eigenvalue weighted by Gasteiger charge is 2.33. The van der Waals surface area contributed by atoms with Gasteiger partial charge in [-0.15, -0.1) is 0 Å². The van der Waals surface area contributed by atoms with Crippen molar-refractivity contribution in [2.45, 2.75) is 17.4 Å². The first-order valence-electron chi connectivity index (χ1n) is 8.13. The molecular formula is C17H16F3N3O4S. The van der Waals surface area contributed by atoms with Gasteiger partial charge in [0.15, 0.2) is 17.5 Å². The molecule has 0 bridgehead atoms. The molecule has 7 nitrogen and oxygen atoms in total. The summed E-state index contributed by atoms with van der Waals surface area (Å²) in [5, 5.41) is 11.7. The Hall–Kier alpha value is -2.63. The number of halogens is 3. The maximum absolute atomic E-state index is 13.3. The summed E-state index contributed by atoms with van der Waals surface area (Å²) >= 11 is 0. The largest absolute Gasteiger partial charge is 0.398 e. The van der Waals surface area contributed by atoms with Crippen molar-refractivity contribution >= 4 is 27.3 Å². The normalized spacial score (nSPS) is 17.6. The molecule has 0 spiro atoms. The van der Waals surface area contributed by atoms with Gasteiger partial charge < -0.3 is 16.2 Å². The smallest absolute Gasteiger partial charge is 0.255 e. The van der Waals surface area contributed by atoms with Crippen LogP contribution in [0.2, 0.25) is 0 Å². The van der Waals surface area contributed by atoms with Crippen molar-refractivity contribution in [3.8, 4) is 0 Å². The van der Waals surface area contributed by atoms with Crippen LogP contribution < -0.4 is 11.1 Å². The van der Waals surface area contributed by atoms with E-state index in [-0.39, 0.29) is 41.3 Å². The maximum atomic E-state index is 13.3. The highest BCUT2D eigenvalue weighted by Crippen LogP contribution is 2.27. The number of nitrogens with one attached hydrogen (secondary N) is 1. The Labute approximate surface area is 158 Å². The van der Waals surface area contributed by atoms with Crippen molar-refractivity contribution in [2.75, 3.05) is 24.1 Å². The van der Waals surface area contributed by atoms with Crippen molar-refractivity contribution in [1.82, 2.24) is 4.31 Å². The lowest BCUT2D eigenvalue weighted by Crippen LogP contribution is -2.30. The molecule has 2 aromatic rings. The number of hydrogen-bond donors (Lipinski definition) is 3. The Balaban J connectivity index is 1.90. The molecule has 0 aromatic heterocycles. The van der Waals surface area contributed by atoms with Crippen molar-refractivity contribution in [3.63, 3.8) is 0 Å². The van der Waals surface area contributed by atoms with E-state index in [4.69, 9.17) is 5.73 Å². The summed E-state index contributed by atoms with van der Waals surface area (Å²) in [6, 6.07) is 4.66. The number of amides is 1. The SMILES string of the molecule is Nc1ccc(C(=O)Nc2cc(F)c(F)c(F)c2)cc1S(=O)(=O)N1CC[C@H](O)C1. The van der Waals surface area contributed by atoms with Gasteiger partial charge in [-0.25, -0.2) is 21.6 Å². The molecule has 0 aliphatic carbocycles. The fraction of sp³-hybridized carbons (Fsp3) is 0.235. The first-order chi connectivity index (χ1) is 13.1. The number of carbonyl (C=O) groups is 1. The number of aliphatic hydroxyl groups excluding tert-OH is 1. The minimum absolute atomic E-state index is 0.0909. The second-order valence-electron chi connectivity index (χ2n) is 6.27. The quantitative estimate of drug-likeness (QED) is 0.520. The molecule has 0 saturated carbocycles. The van der Waals surface area contributed by atoms with Crippen LogP contribution in [0.25, 0.3) is 0 Å². The van der Waals surface area contributed by atoms with Crippen molar-refractivity contribution in [3.05, 3.63) is 53.3 Å². The third-order valence-corrected chi connectivity index (χ3v) is 6.18. The van der Waals surface area contributed by atoms with Gasteiger partial charge >= 0.3 is 0 Å². The van der Waals surface area contributed by atoms with E-state index in [1.165, 1.54) is 12.1 Å². The predicted molar refractivity (Wildman–Crippen MR) is 94.5 cm³/mol. The van der Waals surface area contributed by atoms with Gasteiger partial charge in [-0.2, -0.15) is 4.31 Å². The van der Waals surface area contributed by atoms with Crippen LogP contribution >= 0.6 is 0 Å². The molecule has 11 heteroatoms. The van der Waals surface area contributed by atoms with Gasteiger partial charge in [0.25, 0.3) is 5.91 Å². The van der Waals surface area contributed by atoms with Crippen LogP contribution in [-0.2, 0) is 10.0 Å². The molecule has 3 rings (SSSR count). The molecule has 28 heavy (non-hydrogen) atoms. The Morgan fingerprint density at radius 2 is 1.82 bits per heavy atom. The van der Waals surface area contributed by atoms with Crippen LogP contribution in [0.5, 0.6) is 0 Å². The molecule has 2 aromatic carbocycles. The molecule has 150 valence electrons. The minimum atomic E-state index is -4.05.